The molecule has 1 atom stereocenters. The van der Waals surface area contributed by atoms with E-state index in [1.807, 2.05) is 0 Å². The van der Waals surface area contributed by atoms with Gasteiger partial charge in [-0.15, -0.1) is 11.6 Å². The molecular formula is C14H23ClSi. The first-order valence-electron chi connectivity index (χ1n) is 6.43. The van der Waals surface area contributed by atoms with Gasteiger partial charge in [-0.05, 0) is 24.0 Å². The number of halogens is 1. The van der Waals surface area contributed by atoms with Gasteiger partial charge in [-0.3, -0.25) is 0 Å². The van der Waals surface area contributed by atoms with Gasteiger partial charge in [-0.1, -0.05) is 56.6 Å². The first kappa shape index (κ1) is 13.8. The Morgan fingerprint density at radius 3 is 1.94 bits per heavy atom. The van der Waals surface area contributed by atoms with Gasteiger partial charge in [0.2, 0.25) is 0 Å². The summed E-state index contributed by atoms with van der Waals surface area (Å²) < 4.78 is 0. The third-order valence-corrected chi connectivity index (χ3v) is 7.23. The normalized spacial score (nSPS) is 12.8. The summed E-state index contributed by atoms with van der Waals surface area (Å²) in [4.78, 5) is 0. The van der Waals surface area contributed by atoms with Crippen LogP contribution in [0.1, 0.15) is 38.3 Å². The Hall–Kier alpha value is -0.273. The summed E-state index contributed by atoms with van der Waals surface area (Å²) in [5, 5.41) is 1.58. The molecule has 0 saturated carbocycles. The summed E-state index contributed by atoms with van der Waals surface area (Å²) >= 11 is 6.13. The molecule has 0 bridgehead atoms. The van der Waals surface area contributed by atoms with Crippen LogP contribution < -0.4 is 5.19 Å². The molecule has 0 aliphatic heterocycles. The van der Waals surface area contributed by atoms with Crippen LogP contribution in [0.15, 0.2) is 18.2 Å². The lowest BCUT2D eigenvalue weighted by molar-refractivity contribution is 1.06. The highest BCUT2D eigenvalue weighted by atomic mass is 35.5. The Morgan fingerprint density at radius 2 is 1.56 bits per heavy atom. The Balaban J connectivity index is 3.00. The lowest BCUT2D eigenvalue weighted by Crippen LogP contribution is -2.32. The summed E-state index contributed by atoms with van der Waals surface area (Å²) in [5.41, 5.74) is 3.84. The molecule has 0 spiro atoms. The van der Waals surface area contributed by atoms with Gasteiger partial charge in [0, 0.05) is 5.50 Å². The second kappa shape index (κ2) is 7.13. The number of hydrogen-bond acceptors (Lipinski definition) is 0. The molecular weight excluding hydrogens is 232 g/mol. The Labute approximate surface area is 107 Å². The zero-order valence-electron chi connectivity index (χ0n) is 10.7. The monoisotopic (exact) mass is 254 g/mol. The zero-order valence-corrected chi connectivity index (χ0v) is 12.6. The second-order valence-corrected chi connectivity index (χ2v) is 8.30. The quantitative estimate of drug-likeness (QED) is 0.539. The minimum absolute atomic E-state index is 0.879. The summed E-state index contributed by atoms with van der Waals surface area (Å²) in [6.07, 6.45) is 3.54. The van der Waals surface area contributed by atoms with Crippen molar-refractivity contribution in [1.29, 1.82) is 0 Å². The van der Waals surface area contributed by atoms with Gasteiger partial charge in [-0.2, -0.15) is 0 Å². The van der Waals surface area contributed by atoms with E-state index in [-0.39, 0.29) is 0 Å². The van der Waals surface area contributed by atoms with Crippen molar-refractivity contribution in [3.63, 3.8) is 0 Å². The fraction of sp³-hybridized carbons (Fsp3) is 0.571. The average Bonchev–Trinajstić information content (AvgIpc) is 2.35. The van der Waals surface area contributed by atoms with Crippen LogP contribution in [0.5, 0.6) is 0 Å². The maximum atomic E-state index is 6.13. The Bertz CT molecular complexity index is 300. The molecule has 2 heteroatoms. The van der Waals surface area contributed by atoms with Gasteiger partial charge < -0.3 is 0 Å². The highest BCUT2D eigenvalue weighted by Crippen LogP contribution is 2.09. The molecule has 0 nitrogen and oxygen atoms in total. The fourth-order valence-corrected chi connectivity index (χ4v) is 5.38. The van der Waals surface area contributed by atoms with Gasteiger partial charge in [0.05, 0.1) is 8.80 Å². The zero-order chi connectivity index (χ0) is 12.0. The van der Waals surface area contributed by atoms with Crippen molar-refractivity contribution in [1.82, 2.24) is 0 Å². The van der Waals surface area contributed by atoms with Crippen molar-refractivity contribution in [2.24, 2.45) is 0 Å². The van der Waals surface area contributed by atoms with E-state index in [0.717, 1.165) is 18.3 Å². The van der Waals surface area contributed by atoms with Crippen LogP contribution in [-0.4, -0.2) is 14.3 Å². The Kier molecular flexibility index (Phi) is 6.15. The van der Waals surface area contributed by atoms with E-state index in [9.17, 15) is 0 Å². The standard InChI is InChI=1S/C14H23ClSi/c1-4-7-16(11-15)14-9-12(5-2)8-13(6-3)10-14/h8-10,16H,4-7,11H2,1-3H3. The highest BCUT2D eigenvalue weighted by molar-refractivity contribution is 6.79. The van der Waals surface area contributed by atoms with Gasteiger partial charge in [0.15, 0.2) is 0 Å². The highest BCUT2D eigenvalue weighted by Gasteiger charge is 2.12. The van der Waals surface area contributed by atoms with Crippen molar-refractivity contribution >= 4 is 25.6 Å². The molecule has 1 aromatic carbocycles. The minimum Gasteiger partial charge on any atom is -0.130 e. The number of benzene rings is 1. The van der Waals surface area contributed by atoms with Crippen LogP contribution in [0.25, 0.3) is 0 Å². The first-order chi connectivity index (χ1) is 7.74. The largest absolute Gasteiger partial charge is 0.130 e. The van der Waals surface area contributed by atoms with E-state index in [1.54, 1.807) is 5.19 Å². The maximum absolute atomic E-state index is 6.13. The molecule has 1 aromatic rings. The van der Waals surface area contributed by atoms with Gasteiger partial charge in [0.1, 0.15) is 0 Å². The van der Waals surface area contributed by atoms with E-state index in [2.05, 4.69) is 39.0 Å². The van der Waals surface area contributed by atoms with Crippen LogP contribution >= 0.6 is 11.6 Å². The predicted molar refractivity (Wildman–Crippen MR) is 77.8 cm³/mol. The molecule has 90 valence electrons. The van der Waals surface area contributed by atoms with Crippen molar-refractivity contribution < 1.29 is 0 Å². The van der Waals surface area contributed by atoms with E-state index in [0.29, 0.717) is 0 Å². The van der Waals surface area contributed by atoms with E-state index in [4.69, 9.17) is 11.6 Å². The molecule has 1 unspecified atom stereocenters. The van der Waals surface area contributed by atoms with E-state index >= 15 is 0 Å². The predicted octanol–water partition coefficient (Wildman–Crippen LogP) is 3.43. The summed E-state index contributed by atoms with van der Waals surface area (Å²) in [6.45, 7) is 6.72. The Morgan fingerprint density at radius 1 is 1.00 bits per heavy atom. The van der Waals surface area contributed by atoms with Crippen molar-refractivity contribution in [3.05, 3.63) is 29.3 Å². The third kappa shape index (κ3) is 3.64. The maximum Gasteiger partial charge on any atom is 0.0867 e. The first-order valence-corrected chi connectivity index (χ1v) is 9.18. The molecule has 0 N–H and O–H groups in total. The lowest BCUT2D eigenvalue weighted by Gasteiger charge is -2.14. The second-order valence-electron chi connectivity index (χ2n) is 4.43. The summed E-state index contributed by atoms with van der Waals surface area (Å²) in [6, 6.07) is 8.47. The topological polar surface area (TPSA) is 0 Å². The van der Waals surface area contributed by atoms with Gasteiger partial charge in [-0.25, -0.2) is 0 Å². The number of hydrogen-bond donors (Lipinski definition) is 0. The van der Waals surface area contributed by atoms with Crippen LogP contribution in [0.2, 0.25) is 6.04 Å². The smallest absolute Gasteiger partial charge is 0.0867 e. The van der Waals surface area contributed by atoms with Gasteiger partial charge in [0.25, 0.3) is 0 Å². The van der Waals surface area contributed by atoms with Crippen LogP contribution in [-0.2, 0) is 12.8 Å². The van der Waals surface area contributed by atoms with Crippen LogP contribution in [0, 0.1) is 0 Å². The fourth-order valence-electron chi connectivity index (χ4n) is 2.12. The molecule has 16 heavy (non-hydrogen) atoms. The molecule has 0 aliphatic carbocycles. The van der Waals surface area contributed by atoms with Crippen LogP contribution in [0.3, 0.4) is 0 Å². The number of alkyl halides is 1. The summed E-state index contributed by atoms with van der Waals surface area (Å²) in [5.74, 6) is 0. The molecule has 0 aliphatic rings. The number of aryl methyl sites for hydroxylation is 2. The molecule has 0 heterocycles. The molecule has 0 saturated heterocycles. The van der Waals surface area contributed by atoms with Crippen LogP contribution in [0.4, 0.5) is 0 Å². The average molecular weight is 255 g/mol. The molecule has 0 aromatic heterocycles. The number of rotatable bonds is 6. The SMILES string of the molecule is CCC[SiH](CCl)c1cc(CC)cc(CC)c1. The molecule has 0 radical (unpaired) electrons. The van der Waals surface area contributed by atoms with Gasteiger partial charge >= 0.3 is 0 Å². The molecule has 0 amide bonds. The summed E-state index contributed by atoms with van der Waals surface area (Å²) in [7, 11) is -0.890. The van der Waals surface area contributed by atoms with E-state index in [1.165, 1.54) is 23.6 Å². The third-order valence-electron chi connectivity index (χ3n) is 3.19. The van der Waals surface area contributed by atoms with Crippen molar-refractivity contribution in [2.45, 2.75) is 46.1 Å². The molecule has 1 rings (SSSR count). The van der Waals surface area contributed by atoms with Crippen molar-refractivity contribution in [2.75, 3.05) is 5.50 Å². The lowest BCUT2D eigenvalue weighted by atomic mass is 10.1. The van der Waals surface area contributed by atoms with E-state index < -0.39 is 8.80 Å². The van der Waals surface area contributed by atoms with Crippen molar-refractivity contribution in [3.8, 4) is 0 Å². The molecule has 0 fully saturated rings. The minimum atomic E-state index is -0.890.